The molecule has 110 valence electrons. The fourth-order valence-electron chi connectivity index (χ4n) is 1.78. The Bertz CT molecular complexity index is 571. The molecule has 0 fully saturated rings. The molecule has 0 aliphatic rings. The van der Waals surface area contributed by atoms with E-state index in [0.29, 0.717) is 17.9 Å². The molecule has 1 unspecified atom stereocenters. The summed E-state index contributed by atoms with van der Waals surface area (Å²) in [6, 6.07) is 6.07. The molecule has 1 heterocycles. The van der Waals surface area contributed by atoms with Crippen molar-refractivity contribution in [2.75, 3.05) is 18.5 Å². The average Bonchev–Trinajstić information content (AvgIpc) is 2.77. The molecule has 1 aromatic heterocycles. The van der Waals surface area contributed by atoms with Crippen LogP contribution < -0.4 is 10.1 Å². The maximum Gasteiger partial charge on any atom is 0.183 e. The SMILES string of the molecule is CCOc1ccc2nc(NCC(C)C(C)(C)C)sc2c1. The number of hydrogen-bond acceptors (Lipinski definition) is 4. The minimum atomic E-state index is 0.311. The number of fused-ring (bicyclic) bond motifs is 1. The van der Waals surface area contributed by atoms with Crippen molar-refractivity contribution in [3.8, 4) is 5.75 Å². The van der Waals surface area contributed by atoms with Gasteiger partial charge in [0.2, 0.25) is 0 Å². The Hall–Kier alpha value is -1.29. The van der Waals surface area contributed by atoms with Crippen LogP contribution in [0.3, 0.4) is 0 Å². The second-order valence-electron chi connectivity index (χ2n) is 6.23. The first kappa shape index (κ1) is 15.1. The highest BCUT2D eigenvalue weighted by Gasteiger charge is 2.19. The van der Waals surface area contributed by atoms with Crippen LogP contribution in [-0.4, -0.2) is 18.1 Å². The third-order valence-corrected chi connectivity index (χ3v) is 4.68. The van der Waals surface area contributed by atoms with Crippen LogP contribution in [0.2, 0.25) is 0 Å². The van der Waals surface area contributed by atoms with Gasteiger partial charge in [-0.15, -0.1) is 0 Å². The summed E-state index contributed by atoms with van der Waals surface area (Å²) in [5, 5.41) is 4.45. The first-order valence-electron chi connectivity index (χ1n) is 7.17. The van der Waals surface area contributed by atoms with E-state index in [1.165, 1.54) is 4.70 Å². The number of anilines is 1. The maximum atomic E-state index is 5.52. The molecule has 1 atom stereocenters. The molecule has 20 heavy (non-hydrogen) atoms. The Morgan fingerprint density at radius 1 is 1.35 bits per heavy atom. The lowest BCUT2D eigenvalue weighted by atomic mass is 9.82. The Morgan fingerprint density at radius 3 is 2.75 bits per heavy atom. The summed E-state index contributed by atoms with van der Waals surface area (Å²) in [5.41, 5.74) is 1.34. The van der Waals surface area contributed by atoms with Gasteiger partial charge >= 0.3 is 0 Å². The van der Waals surface area contributed by atoms with Crippen LogP contribution in [0.4, 0.5) is 5.13 Å². The Morgan fingerprint density at radius 2 is 2.10 bits per heavy atom. The third kappa shape index (κ3) is 3.63. The molecule has 0 aliphatic carbocycles. The summed E-state index contributed by atoms with van der Waals surface area (Å²) in [6.45, 7) is 12.7. The molecule has 2 aromatic rings. The maximum absolute atomic E-state index is 5.52. The normalized spacial score (nSPS) is 13.4. The summed E-state index contributed by atoms with van der Waals surface area (Å²) < 4.78 is 6.69. The summed E-state index contributed by atoms with van der Waals surface area (Å²) in [7, 11) is 0. The number of benzene rings is 1. The Balaban J connectivity index is 2.08. The number of rotatable bonds is 5. The highest BCUT2D eigenvalue weighted by molar-refractivity contribution is 7.22. The quantitative estimate of drug-likeness (QED) is 0.860. The molecule has 1 N–H and O–H groups in total. The van der Waals surface area contributed by atoms with E-state index in [1.807, 2.05) is 19.1 Å². The van der Waals surface area contributed by atoms with Crippen LogP contribution in [-0.2, 0) is 0 Å². The predicted octanol–water partition coefficient (Wildman–Crippen LogP) is 4.79. The summed E-state index contributed by atoms with van der Waals surface area (Å²) in [6.07, 6.45) is 0. The minimum Gasteiger partial charge on any atom is -0.494 e. The molecule has 0 radical (unpaired) electrons. The number of nitrogens with zero attached hydrogens (tertiary/aromatic N) is 1. The fourth-order valence-corrected chi connectivity index (χ4v) is 2.68. The average molecular weight is 292 g/mol. The molecule has 3 nitrogen and oxygen atoms in total. The topological polar surface area (TPSA) is 34.1 Å². The van der Waals surface area contributed by atoms with Crippen molar-refractivity contribution < 1.29 is 4.74 Å². The highest BCUT2D eigenvalue weighted by Crippen LogP contribution is 2.30. The summed E-state index contributed by atoms with van der Waals surface area (Å²) in [4.78, 5) is 4.62. The second-order valence-corrected chi connectivity index (χ2v) is 7.26. The molecule has 0 bridgehead atoms. The van der Waals surface area contributed by atoms with Gasteiger partial charge in [-0.25, -0.2) is 4.98 Å². The lowest BCUT2D eigenvalue weighted by molar-refractivity contribution is 0.274. The molecule has 1 aromatic carbocycles. The highest BCUT2D eigenvalue weighted by atomic mass is 32.1. The van der Waals surface area contributed by atoms with Crippen LogP contribution in [0.15, 0.2) is 18.2 Å². The minimum absolute atomic E-state index is 0.311. The largest absolute Gasteiger partial charge is 0.494 e. The Kier molecular flexibility index (Phi) is 4.53. The molecule has 0 saturated carbocycles. The van der Waals surface area contributed by atoms with E-state index >= 15 is 0 Å². The van der Waals surface area contributed by atoms with Crippen molar-refractivity contribution >= 4 is 26.7 Å². The van der Waals surface area contributed by atoms with Crippen molar-refractivity contribution in [1.29, 1.82) is 0 Å². The molecule has 2 rings (SSSR count). The molecule has 0 amide bonds. The van der Waals surface area contributed by atoms with Crippen molar-refractivity contribution in [3.63, 3.8) is 0 Å². The van der Waals surface area contributed by atoms with E-state index in [4.69, 9.17) is 4.74 Å². The van der Waals surface area contributed by atoms with E-state index in [2.05, 4.69) is 44.1 Å². The van der Waals surface area contributed by atoms with E-state index in [9.17, 15) is 0 Å². The van der Waals surface area contributed by atoms with E-state index in [-0.39, 0.29) is 0 Å². The van der Waals surface area contributed by atoms with Crippen LogP contribution in [0, 0.1) is 11.3 Å². The van der Waals surface area contributed by atoms with Crippen LogP contribution >= 0.6 is 11.3 Å². The van der Waals surface area contributed by atoms with E-state index < -0.39 is 0 Å². The van der Waals surface area contributed by atoms with Gasteiger partial charge in [-0.05, 0) is 36.5 Å². The van der Waals surface area contributed by atoms with Gasteiger partial charge in [-0.3, -0.25) is 0 Å². The number of hydrogen-bond donors (Lipinski definition) is 1. The van der Waals surface area contributed by atoms with Crippen LogP contribution in [0.5, 0.6) is 5.75 Å². The third-order valence-electron chi connectivity index (χ3n) is 3.71. The van der Waals surface area contributed by atoms with E-state index in [1.54, 1.807) is 11.3 Å². The number of thiazole rings is 1. The van der Waals surface area contributed by atoms with Crippen LogP contribution in [0.25, 0.3) is 10.2 Å². The lowest BCUT2D eigenvalue weighted by Gasteiger charge is -2.27. The molecule has 0 spiro atoms. The van der Waals surface area contributed by atoms with Crippen molar-refractivity contribution in [1.82, 2.24) is 4.98 Å². The molecule has 0 saturated heterocycles. The first-order chi connectivity index (χ1) is 9.40. The van der Waals surface area contributed by atoms with Crippen molar-refractivity contribution in [3.05, 3.63) is 18.2 Å². The molecule has 4 heteroatoms. The summed E-state index contributed by atoms with van der Waals surface area (Å²) >= 11 is 1.69. The van der Waals surface area contributed by atoms with Gasteiger partial charge in [-0.1, -0.05) is 39.0 Å². The number of ether oxygens (including phenoxy) is 1. The van der Waals surface area contributed by atoms with Gasteiger partial charge in [0.05, 0.1) is 16.8 Å². The lowest BCUT2D eigenvalue weighted by Crippen LogP contribution is -2.24. The Labute approximate surface area is 125 Å². The fraction of sp³-hybridized carbons (Fsp3) is 0.562. The molecular weight excluding hydrogens is 268 g/mol. The van der Waals surface area contributed by atoms with Gasteiger partial charge < -0.3 is 10.1 Å². The second kappa shape index (κ2) is 6.00. The summed E-state index contributed by atoms with van der Waals surface area (Å²) in [5.74, 6) is 1.51. The monoisotopic (exact) mass is 292 g/mol. The predicted molar refractivity (Wildman–Crippen MR) is 87.9 cm³/mol. The van der Waals surface area contributed by atoms with Crippen molar-refractivity contribution in [2.45, 2.75) is 34.6 Å². The van der Waals surface area contributed by atoms with Gasteiger partial charge in [0.15, 0.2) is 5.13 Å². The van der Waals surface area contributed by atoms with Gasteiger partial charge in [0.1, 0.15) is 5.75 Å². The molecule has 0 aliphatic heterocycles. The zero-order chi connectivity index (χ0) is 14.8. The zero-order valence-corrected chi connectivity index (χ0v) is 13.8. The van der Waals surface area contributed by atoms with Gasteiger partial charge in [0, 0.05) is 6.54 Å². The van der Waals surface area contributed by atoms with Gasteiger partial charge in [-0.2, -0.15) is 0 Å². The smallest absolute Gasteiger partial charge is 0.183 e. The number of aromatic nitrogens is 1. The van der Waals surface area contributed by atoms with Crippen molar-refractivity contribution in [2.24, 2.45) is 11.3 Å². The van der Waals surface area contributed by atoms with E-state index in [0.717, 1.165) is 22.9 Å². The standard InChI is InChI=1S/C16H24N2OS/c1-6-19-12-7-8-13-14(9-12)20-15(18-13)17-10-11(2)16(3,4)5/h7-9,11H,6,10H2,1-5H3,(H,17,18). The number of nitrogens with one attached hydrogen (secondary N) is 1. The molecular formula is C16H24N2OS. The van der Waals surface area contributed by atoms with Gasteiger partial charge in [0.25, 0.3) is 0 Å². The first-order valence-corrected chi connectivity index (χ1v) is 7.99. The van der Waals surface area contributed by atoms with Crippen LogP contribution in [0.1, 0.15) is 34.6 Å². The zero-order valence-electron chi connectivity index (χ0n) is 13.0.